The standard InChI is InChI=1S/C40H56N2O6/c1-27-31-19-17-29(15-13-21-39(3)35(47-39)33(31)45-37(27)43)25-41-23-11-9-7-5-6-8-10-12-24-42-26-30-16-14-22-40(4)36(48-40)34-32(20-18-30)28(2)38(44)46-34/h15-16,25-26,31-36H,1-2,5-14,17-24H2,3-4H3/b29-15+,30-16+,41-25-,42-26-/t31-,32-,33-,34-,35-,36-,39+,40+/m0/s1. The number of carbonyl (C=O) groups is 2. The second kappa shape index (κ2) is 15.4. The van der Waals surface area contributed by atoms with Gasteiger partial charge in [-0.2, -0.15) is 0 Å². The predicted octanol–water partition coefficient (Wildman–Crippen LogP) is 7.76. The number of epoxide rings is 2. The molecule has 2 aliphatic carbocycles. The van der Waals surface area contributed by atoms with Crippen molar-refractivity contribution in [2.45, 2.75) is 152 Å². The largest absolute Gasteiger partial charge is 0.455 e. The molecule has 0 bridgehead atoms. The Balaban J connectivity index is 0.809. The molecule has 262 valence electrons. The highest BCUT2D eigenvalue weighted by molar-refractivity contribution is 5.91. The molecule has 6 rings (SSSR count). The Morgan fingerprint density at radius 2 is 1.08 bits per heavy atom. The Bertz CT molecular complexity index is 1260. The molecule has 4 fully saturated rings. The number of carbonyl (C=O) groups excluding carboxylic acids is 2. The Morgan fingerprint density at radius 3 is 1.50 bits per heavy atom. The zero-order chi connectivity index (χ0) is 33.7. The van der Waals surface area contributed by atoms with Gasteiger partial charge >= 0.3 is 11.9 Å². The van der Waals surface area contributed by atoms with Gasteiger partial charge in [-0.05, 0) is 89.2 Å². The highest BCUT2D eigenvalue weighted by atomic mass is 16.7. The molecule has 4 saturated heterocycles. The Kier molecular flexibility index (Phi) is 11.2. The van der Waals surface area contributed by atoms with Crippen LogP contribution in [0, 0.1) is 11.8 Å². The van der Waals surface area contributed by atoms with Crippen LogP contribution in [-0.4, -0.2) is 73.1 Å². The average Bonchev–Trinajstić information content (AvgIpc) is 3.87. The maximum Gasteiger partial charge on any atom is 0.334 e. The predicted molar refractivity (Wildman–Crippen MR) is 188 cm³/mol. The molecule has 0 aromatic rings. The van der Waals surface area contributed by atoms with E-state index in [1.165, 1.54) is 49.7 Å². The van der Waals surface area contributed by atoms with E-state index >= 15 is 0 Å². The van der Waals surface area contributed by atoms with Gasteiger partial charge in [-0.15, -0.1) is 0 Å². The molecule has 8 atom stereocenters. The van der Waals surface area contributed by atoms with Gasteiger partial charge in [0, 0.05) is 48.5 Å². The Morgan fingerprint density at radius 1 is 0.688 bits per heavy atom. The van der Waals surface area contributed by atoms with Crippen LogP contribution in [0.2, 0.25) is 0 Å². The van der Waals surface area contributed by atoms with Crippen molar-refractivity contribution in [3.63, 3.8) is 0 Å². The highest BCUT2D eigenvalue weighted by Gasteiger charge is 2.62. The van der Waals surface area contributed by atoms with Crippen LogP contribution in [0.25, 0.3) is 0 Å². The van der Waals surface area contributed by atoms with Crippen LogP contribution in [0.3, 0.4) is 0 Å². The number of fused-ring (bicyclic) bond motifs is 6. The van der Waals surface area contributed by atoms with E-state index in [1.807, 2.05) is 0 Å². The van der Waals surface area contributed by atoms with Crippen LogP contribution in [0.15, 0.2) is 57.6 Å². The van der Waals surface area contributed by atoms with Crippen LogP contribution in [0.4, 0.5) is 0 Å². The lowest BCUT2D eigenvalue weighted by atomic mass is 9.84. The zero-order valence-corrected chi connectivity index (χ0v) is 29.3. The lowest BCUT2D eigenvalue weighted by Gasteiger charge is -2.19. The number of unbranched alkanes of at least 4 members (excludes halogenated alkanes) is 7. The van der Waals surface area contributed by atoms with Crippen molar-refractivity contribution in [1.29, 1.82) is 0 Å². The van der Waals surface area contributed by atoms with Gasteiger partial charge in [0.1, 0.15) is 24.4 Å². The molecule has 0 unspecified atom stereocenters. The summed E-state index contributed by atoms with van der Waals surface area (Å²) in [6.45, 7) is 14.0. The van der Waals surface area contributed by atoms with Crippen LogP contribution in [0.1, 0.15) is 117 Å². The van der Waals surface area contributed by atoms with Crippen molar-refractivity contribution in [1.82, 2.24) is 0 Å². The van der Waals surface area contributed by atoms with E-state index in [2.05, 4.69) is 51.6 Å². The first-order valence-corrected chi connectivity index (χ1v) is 18.7. The Hall–Kier alpha value is -2.84. The molecular formula is C40H56N2O6. The SMILES string of the molecule is C=C1C(=O)O[C@H]2[C@H]1CCC(/C=N\CCCCCCCCCC/N=C\C1=C\CC[C@@]3(C)O[C@H]3[C@H]3OC(=O)C(=C)[C@@H]3CC1)=C\CC[C@@]1(C)O[C@@H]21. The van der Waals surface area contributed by atoms with Crippen LogP contribution in [0.5, 0.6) is 0 Å². The molecule has 4 heterocycles. The molecule has 4 aliphatic heterocycles. The van der Waals surface area contributed by atoms with Gasteiger partial charge in [0.05, 0.1) is 11.2 Å². The lowest BCUT2D eigenvalue weighted by molar-refractivity contribution is -0.140. The van der Waals surface area contributed by atoms with Crippen molar-refractivity contribution in [3.05, 3.63) is 47.6 Å². The lowest BCUT2D eigenvalue weighted by Crippen LogP contribution is -2.28. The van der Waals surface area contributed by atoms with Gasteiger partial charge in [0.2, 0.25) is 0 Å². The number of allylic oxidation sites excluding steroid dienone is 4. The summed E-state index contributed by atoms with van der Waals surface area (Å²) in [7, 11) is 0. The molecule has 8 heteroatoms. The van der Waals surface area contributed by atoms with Crippen LogP contribution in [-0.2, 0) is 28.5 Å². The summed E-state index contributed by atoms with van der Waals surface area (Å²) in [5.74, 6) is -0.450. The van der Waals surface area contributed by atoms with Gasteiger partial charge in [0.25, 0.3) is 0 Å². The second-order valence-electron chi connectivity index (χ2n) is 15.3. The zero-order valence-electron chi connectivity index (χ0n) is 29.3. The number of aliphatic imine (C=N–C) groups is 2. The first-order valence-electron chi connectivity index (χ1n) is 18.7. The summed E-state index contributed by atoms with van der Waals surface area (Å²) in [6.07, 6.45) is 25.4. The number of ether oxygens (including phenoxy) is 4. The average molecular weight is 661 g/mol. The second-order valence-corrected chi connectivity index (χ2v) is 15.3. The molecule has 0 aromatic carbocycles. The first-order chi connectivity index (χ1) is 23.2. The summed E-state index contributed by atoms with van der Waals surface area (Å²) in [4.78, 5) is 33.9. The Labute approximate surface area is 287 Å². The third-order valence-corrected chi connectivity index (χ3v) is 11.6. The maximum atomic E-state index is 12.2. The number of hydrogen-bond acceptors (Lipinski definition) is 8. The minimum absolute atomic E-state index is 0.00231. The highest BCUT2D eigenvalue weighted by Crippen LogP contribution is 2.51. The van der Waals surface area contributed by atoms with E-state index in [1.54, 1.807) is 0 Å². The summed E-state index contributed by atoms with van der Waals surface area (Å²) in [5.41, 5.74) is 3.30. The van der Waals surface area contributed by atoms with Crippen molar-refractivity contribution in [2.24, 2.45) is 21.8 Å². The van der Waals surface area contributed by atoms with Gasteiger partial charge in [-0.25, -0.2) is 9.59 Å². The van der Waals surface area contributed by atoms with Crippen LogP contribution >= 0.6 is 0 Å². The fourth-order valence-corrected chi connectivity index (χ4v) is 8.23. The van der Waals surface area contributed by atoms with Crippen LogP contribution < -0.4 is 0 Å². The molecule has 8 nitrogen and oxygen atoms in total. The van der Waals surface area contributed by atoms with E-state index in [-0.39, 0.29) is 59.4 Å². The minimum atomic E-state index is -0.260. The van der Waals surface area contributed by atoms with Crippen molar-refractivity contribution >= 4 is 24.4 Å². The van der Waals surface area contributed by atoms with Crippen molar-refractivity contribution in [3.8, 4) is 0 Å². The normalized spacial score (nSPS) is 38.6. The number of rotatable bonds is 13. The summed E-state index contributed by atoms with van der Waals surface area (Å²) in [6, 6.07) is 0. The molecule has 0 aromatic heterocycles. The van der Waals surface area contributed by atoms with E-state index in [9.17, 15) is 9.59 Å². The van der Waals surface area contributed by atoms with Gasteiger partial charge in [0.15, 0.2) is 0 Å². The van der Waals surface area contributed by atoms with Gasteiger partial charge in [-0.3, -0.25) is 9.98 Å². The van der Waals surface area contributed by atoms with E-state index in [4.69, 9.17) is 28.9 Å². The molecule has 48 heavy (non-hydrogen) atoms. The van der Waals surface area contributed by atoms with E-state index in [0.29, 0.717) is 11.1 Å². The van der Waals surface area contributed by atoms with Crippen molar-refractivity contribution < 1.29 is 28.5 Å². The first kappa shape index (κ1) is 35.0. The summed E-state index contributed by atoms with van der Waals surface area (Å²) in [5, 5.41) is 0. The molecule has 0 radical (unpaired) electrons. The third-order valence-electron chi connectivity index (χ3n) is 11.6. The van der Waals surface area contributed by atoms with Gasteiger partial charge < -0.3 is 18.9 Å². The molecule has 6 aliphatic rings. The van der Waals surface area contributed by atoms with E-state index < -0.39 is 0 Å². The topological polar surface area (TPSA) is 102 Å². The number of hydrogen-bond donors (Lipinski definition) is 0. The molecule has 0 N–H and O–H groups in total. The smallest absolute Gasteiger partial charge is 0.334 e. The molecular weight excluding hydrogens is 604 g/mol. The fourth-order valence-electron chi connectivity index (χ4n) is 8.23. The van der Waals surface area contributed by atoms with Gasteiger partial charge in [-0.1, -0.05) is 63.8 Å². The number of nitrogens with zero attached hydrogens (tertiary/aromatic N) is 2. The monoisotopic (exact) mass is 660 g/mol. The molecule has 0 spiro atoms. The fraction of sp³-hybridized carbons (Fsp3) is 0.700. The minimum Gasteiger partial charge on any atom is -0.455 e. The molecule has 0 amide bonds. The van der Waals surface area contributed by atoms with Crippen molar-refractivity contribution in [2.75, 3.05) is 13.1 Å². The summed E-state index contributed by atoms with van der Waals surface area (Å²) >= 11 is 0. The molecule has 0 saturated carbocycles. The maximum absolute atomic E-state index is 12.2. The summed E-state index contributed by atoms with van der Waals surface area (Å²) < 4.78 is 23.4. The van der Waals surface area contributed by atoms with E-state index in [0.717, 1.165) is 77.3 Å². The number of esters is 2. The third kappa shape index (κ3) is 8.30. The quantitative estimate of drug-likeness (QED) is 0.0658.